The van der Waals surface area contributed by atoms with Crippen molar-refractivity contribution in [1.29, 1.82) is 0 Å². The van der Waals surface area contributed by atoms with E-state index in [0.29, 0.717) is 30.3 Å². The third-order valence-corrected chi connectivity index (χ3v) is 3.25. The second-order valence-electron chi connectivity index (χ2n) is 4.57. The summed E-state index contributed by atoms with van der Waals surface area (Å²) in [5, 5.41) is 6.00. The van der Waals surface area contributed by atoms with Crippen LogP contribution in [-0.4, -0.2) is 45.4 Å². The van der Waals surface area contributed by atoms with Crippen LogP contribution in [-0.2, 0) is 9.53 Å². The summed E-state index contributed by atoms with van der Waals surface area (Å²) in [5.74, 6) is 1.08. The highest BCUT2D eigenvalue weighted by Crippen LogP contribution is 2.29. The van der Waals surface area contributed by atoms with E-state index < -0.39 is 0 Å². The Balaban J connectivity index is 0.00000220. The van der Waals surface area contributed by atoms with Crippen LogP contribution < -0.4 is 20.1 Å². The van der Waals surface area contributed by atoms with E-state index in [4.69, 9.17) is 14.2 Å². The highest BCUT2D eigenvalue weighted by molar-refractivity contribution is 5.95. The predicted molar refractivity (Wildman–Crippen MR) is 82.6 cm³/mol. The Hall–Kier alpha value is -1.50. The minimum absolute atomic E-state index is 0. The van der Waals surface area contributed by atoms with Crippen LogP contribution in [0.2, 0.25) is 0 Å². The van der Waals surface area contributed by atoms with E-state index in [9.17, 15) is 4.79 Å². The quantitative estimate of drug-likeness (QED) is 0.880. The molecule has 0 unspecified atom stereocenters. The molecule has 1 aromatic carbocycles. The first-order valence-electron chi connectivity index (χ1n) is 6.53. The highest BCUT2D eigenvalue weighted by Gasteiger charge is 2.28. The molecule has 1 amide bonds. The number of halogens is 1. The Kier molecular flexibility index (Phi) is 6.74. The summed E-state index contributed by atoms with van der Waals surface area (Å²) in [4.78, 5) is 12.2. The van der Waals surface area contributed by atoms with Gasteiger partial charge >= 0.3 is 0 Å². The summed E-state index contributed by atoms with van der Waals surface area (Å²) in [7, 11) is 3.13. The Morgan fingerprint density at radius 1 is 1.33 bits per heavy atom. The van der Waals surface area contributed by atoms with Crippen molar-refractivity contribution >= 4 is 24.0 Å². The first kappa shape index (κ1) is 17.6. The van der Waals surface area contributed by atoms with Crippen molar-refractivity contribution in [2.75, 3.05) is 32.7 Å². The van der Waals surface area contributed by atoms with Gasteiger partial charge in [-0.15, -0.1) is 12.4 Å². The molecule has 0 radical (unpaired) electrons. The van der Waals surface area contributed by atoms with Gasteiger partial charge in [-0.05, 0) is 19.1 Å². The average molecular weight is 317 g/mol. The zero-order valence-electron chi connectivity index (χ0n) is 12.3. The number of ether oxygens (including phenoxy) is 3. The number of anilines is 1. The third kappa shape index (κ3) is 4.23. The van der Waals surface area contributed by atoms with Gasteiger partial charge in [-0.25, -0.2) is 0 Å². The molecule has 6 nitrogen and oxygen atoms in total. The maximum absolute atomic E-state index is 12.2. The standard InChI is InChI=1S/C14H20N2O4.ClH/c1-9-13(15-6-7-20-9)14(17)16-10-4-5-11(18-2)12(8-10)19-3;/h4-5,8-9,13,15H,6-7H2,1-3H3,(H,16,17);1H/t9-,13+;/m1./s1. The fourth-order valence-corrected chi connectivity index (χ4v) is 2.16. The van der Waals surface area contributed by atoms with Crippen molar-refractivity contribution < 1.29 is 19.0 Å². The van der Waals surface area contributed by atoms with Gasteiger partial charge in [-0.3, -0.25) is 4.79 Å². The van der Waals surface area contributed by atoms with E-state index in [0.717, 1.165) is 0 Å². The lowest BCUT2D eigenvalue weighted by Gasteiger charge is -2.29. The lowest BCUT2D eigenvalue weighted by molar-refractivity contribution is -0.123. The van der Waals surface area contributed by atoms with Crippen molar-refractivity contribution in [2.45, 2.75) is 19.1 Å². The summed E-state index contributed by atoms with van der Waals surface area (Å²) < 4.78 is 15.8. The molecule has 2 N–H and O–H groups in total. The topological polar surface area (TPSA) is 68.8 Å². The predicted octanol–water partition coefficient (Wildman–Crippen LogP) is 1.44. The van der Waals surface area contributed by atoms with Crippen molar-refractivity contribution in [3.8, 4) is 11.5 Å². The number of benzene rings is 1. The SMILES string of the molecule is COc1ccc(NC(=O)[C@H]2NCCO[C@@H]2C)cc1OC.Cl. The van der Waals surface area contributed by atoms with Crippen LogP contribution in [0.15, 0.2) is 18.2 Å². The monoisotopic (exact) mass is 316 g/mol. The molecule has 21 heavy (non-hydrogen) atoms. The number of methoxy groups -OCH3 is 2. The first-order chi connectivity index (χ1) is 9.65. The Morgan fingerprint density at radius 2 is 2.05 bits per heavy atom. The van der Waals surface area contributed by atoms with Crippen molar-refractivity contribution in [3.05, 3.63) is 18.2 Å². The normalized spacial score (nSPS) is 21.1. The maximum Gasteiger partial charge on any atom is 0.244 e. The van der Waals surface area contributed by atoms with Crippen molar-refractivity contribution in [1.82, 2.24) is 5.32 Å². The molecule has 7 heteroatoms. The smallest absolute Gasteiger partial charge is 0.244 e. The minimum Gasteiger partial charge on any atom is -0.493 e. The van der Waals surface area contributed by atoms with Gasteiger partial charge in [-0.2, -0.15) is 0 Å². The number of hydrogen-bond acceptors (Lipinski definition) is 5. The summed E-state index contributed by atoms with van der Waals surface area (Å²) in [6.07, 6.45) is -0.149. The number of amides is 1. The maximum atomic E-state index is 12.2. The zero-order chi connectivity index (χ0) is 14.5. The molecular formula is C14H21ClN2O4. The van der Waals surface area contributed by atoms with Gasteiger partial charge in [-0.1, -0.05) is 0 Å². The van der Waals surface area contributed by atoms with Gasteiger partial charge < -0.3 is 24.8 Å². The minimum atomic E-state index is -0.350. The van der Waals surface area contributed by atoms with Crippen molar-refractivity contribution in [2.24, 2.45) is 0 Å². The van der Waals surface area contributed by atoms with Crippen LogP contribution in [0, 0.1) is 0 Å². The van der Waals surface area contributed by atoms with Crippen LogP contribution in [0.25, 0.3) is 0 Å². The number of carbonyl (C=O) groups excluding carboxylic acids is 1. The highest BCUT2D eigenvalue weighted by atomic mass is 35.5. The van der Waals surface area contributed by atoms with Crippen LogP contribution in [0.3, 0.4) is 0 Å². The lowest BCUT2D eigenvalue weighted by Crippen LogP contribution is -2.53. The number of carbonyl (C=O) groups is 1. The van der Waals surface area contributed by atoms with Gasteiger partial charge in [0.1, 0.15) is 6.04 Å². The zero-order valence-corrected chi connectivity index (χ0v) is 13.2. The third-order valence-electron chi connectivity index (χ3n) is 3.25. The molecular weight excluding hydrogens is 296 g/mol. The largest absolute Gasteiger partial charge is 0.493 e. The van der Waals surface area contributed by atoms with Crippen LogP contribution >= 0.6 is 12.4 Å². The molecule has 1 heterocycles. The summed E-state index contributed by atoms with van der Waals surface area (Å²) >= 11 is 0. The first-order valence-corrected chi connectivity index (χ1v) is 6.53. The molecule has 0 aliphatic carbocycles. The number of hydrogen-bond donors (Lipinski definition) is 2. The number of morpholine rings is 1. The van der Waals surface area contributed by atoms with E-state index in [1.165, 1.54) is 0 Å². The molecule has 0 bridgehead atoms. The molecule has 1 fully saturated rings. The van der Waals surface area contributed by atoms with Gasteiger partial charge in [0.2, 0.25) is 5.91 Å². The second-order valence-corrected chi connectivity index (χ2v) is 4.57. The summed E-state index contributed by atoms with van der Waals surface area (Å²) in [5.41, 5.74) is 0.659. The molecule has 2 atom stereocenters. The molecule has 1 aliphatic rings. The average Bonchev–Trinajstić information content (AvgIpc) is 2.47. The van der Waals surface area contributed by atoms with Gasteiger partial charge in [0.25, 0.3) is 0 Å². The molecule has 2 rings (SSSR count). The Bertz CT molecular complexity index is 484. The molecule has 1 saturated heterocycles. The van der Waals surface area contributed by atoms with Gasteiger partial charge in [0, 0.05) is 18.3 Å². The number of nitrogens with one attached hydrogen (secondary N) is 2. The fraction of sp³-hybridized carbons (Fsp3) is 0.500. The van der Waals surface area contributed by atoms with Crippen LogP contribution in [0.4, 0.5) is 5.69 Å². The Morgan fingerprint density at radius 3 is 2.67 bits per heavy atom. The molecule has 0 spiro atoms. The van der Waals surface area contributed by atoms with E-state index >= 15 is 0 Å². The molecule has 0 saturated carbocycles. The van der Waals surface area contributed by atoms with E-state index in [1.807, 2.05) is 6.92 Å². The van der Waals surface area contributed by atoms with E-state index in [1.54, 1.807) is 32.4 Å². The molecule has 1 aromatic rings. The molecule has 1 aliphatic heterocycles. The number of rotatable bonds is 4. The van der Waals surface area contributed by atoms with Crippen molar-refractivity contribution in [3.63, 3.8) is 0 Å². The van der Waals surface area contributed by atoms with Crippen LogP contribution in [0.1, 0.15) is 6.92 Å². The molecule has 0 aromatic heterocycles. The van der Waals surface area contributed by atoms with Crippen LogP contribution in [0.5, 0.6) is 11.5 Å². The van der Waals surface area contributed by atoms with E-state index in [2.05, 4.69) is 10.6 Å². The second kappa shape index (κ2) is 8.07. The lowest BCUT2D eigenvalue weighted by atomic mass is 10.1. The van der Waals surface area contributed by atoms with Gasteiger partial charge in [0.15, 0.2) is 11.5 Å². The van der Waals surface area contributed by atoms with Gasteiger partial charge in [0.05, 0.1) is 26.9 Å². The summed E-state index contributed by atoms with van der Waals surface area (Å²) in [6.45, 7) is 3.18. The Labute approximate surface area is 130 Å². The van der Waals surface area contributed by atoms with E-state index in [-0.39, 0.29) is 30.5 Å². The fourth-order valence-electron chi connectivity index (χ4n) is 2.16. The summed E-state index contributed by atoms with van der Waals surface area (Å²) in [6, 6.07) is 4.90. The molecule has 118 valence electrons.